The van der Waals surface area contributed by atoms with Gasteiger partial charge in [-0.05, 0) is 25.0 Å². The number of halogens is 1. The molecule has 25 heavy (non-hydrogen) atoms. The van der Waals surface area contributed by atoms with E-state index in [1.807, 2.05) is 6.07 Å². The van der Waals surface area contributed by atoms with Crippen molar-refractivity contribution >= 4 is 11.3 Å². The van der Waals surface area contributed by atoms with Crippen LogP contribution < -0.4 is 0 Å². The molecule has 1 saturated heterocycles. The van der Waals surface area contributed by atoms with Crippen molar-refractivity contribution < 1.29 is 4.39 Å². The van der Waals surface area contributed by atoms with Crippen LogP contribution in [0.1, 0.15) is 37.8 Å². The maximum Gasteiger partial charge on any atom is 0.123 e. The van der Waals surface area contributed by atoms with Gasteiger partial charge in [-0.2, -0.15) is 0 Å². The van der Waals surface area contributed by atoms with Crippen molar-refractivity contribution in [3.05, 3.63) is 41.2 Å². The van der Waals surface area contributed by atoms with E-state index in [0.717, 1.165) is 41.9 Å². The van der Waals surface area contributed by atoms with Crippen molar-refractivity contribution in [2.24, 2.45) is 0 Å². The number of hydrogen-bond acceptors (Lipinski definition) is 4. The number of benzene rings is 1. The normalized spacial score (nSPS) is 20.8. The van der Waals surface area contributed by atoms with Crippen LogP contribution in [-0.4, -0.2) is 47.0 Å². The lowest BCUT2D eigenvalue weighted by Crippen LogP contribution is -2.50. The first-order valence-electron chi connectivity index (χ1n) is 9.45. The highest BCUT2D eigenvalue weighted by Crippen LogP contribution is 2.26. The molecule has 134 valence electrons. The number of aromatic nitrogens is 1. The fourth-order valence-electron chi connectivity index (χ4n) is 4.10. The van der Waals surface area contributed by atoms with Gasteiger partial charge in [-0.3, -0.25) is 9.80 Å². The van der Waals surface area contributed by atoms with Crippen LogP contribution in [0.3, 0.4) is 0 Å². The van der Waals surface area contributed by atoms with Gasteiger partial charge in [-0.25, -0.2) is 9.37 Å². The largest absolute Gasteiger partial charge is 0.298 e. The lowest BCUT2D eigenvalue weighted by atomic mass is 9.94. The standard InChI is InChI=1S/C20H26FN3S/c21-17-6-4-5-16(13-17)20-22-18(15-25-20)14-23-9-11-24(12-10-23)19-7-2-1-3-8-19/h4-6,13,15,19H,1-3,7-12,14H2. The third kappa shape index (κ3) is 4.27. The average Bonchev–Trinajstić information content (AvgIpc) is 3.12. The van der Waals surface area contributed by atoms with E-state index in [0.29, 0.717) is 0 Å². The zero-order chi connectivity index (χ0) is 17.1. The van der Waals surface area contributed by atoms with E-state index in [1.165, 1.54) is 51.3 Å². The molecule has 1 aromatic heterocycles. The zero-order valence-corrected chi connectivity index (χ0v) is 15.5. The molecular formula is C20H26FN3S. The van der Waals surface area contributed by atoms with Crippen molar-refractivity contribution in [1.29, 1.82) is 0 Å². The van der Waals surface area contributed by atoms with E-state index in [-0.39, 0.29) is 5.82 Å². The van der Waals surface area contributed by atoms with Crippen LogP contribution in [0.5, 0.6) is 0 Å². The van der Waals surface area contributed by atoms with Crippen molar-refractivity contribution in [3.63, 3.8) is 0 Å². The molecule has 1 aliphatic carbocycles. The number of hydrogen-bond donors (Lipinski definition) is 0. The monoisotopic (exact) mass is 359 g/mol. The Hall–Kier alpha value is -1.30. The van der Waals surface area contributed by atoms with E-state index in [9.17, 15) is 4.39 Å². The summed E-state index contributed by atoms with van der Waals surface area (Å²) >= 11 is 1.61. The Morgan fingerprint density at radius 3 is 2.64 bits per heavy atom. The number of piperazine rings is 1. The summed E-state index contributed by atoms with van der Waals surface area (Å²) in [5.74, 6) is -0.201. The minimum atomic E-state index is -0.201. The maximum absolute atomic E-state index is 13.4. The zero-order valence-electron chi connectivity index (χ0n) is 14.7. The minimum Gasteiger partial charge on any atom is -0.298 e. The molecule has 5 heteroatoms. The minimum absolute atomic E-state index is 0.201. The molecule has 2 aliphatic rings. The summed E-state index contributed by atoms with van der Waals surface area (Å²) in [4.78, 5) is 9.93. The SMILES string of the molecule is Fc1cccc(-c2nc(CN3CCN(C4CCCCC4)CC3)cs2)c1. The second-order valence-electron chi connectivity index (χ2n) is 7.26. The summed E-state index contributed by atoms with van der Waals surface area (Å²) in [5.41, 5.74) is 1.98. The Labute approximate surface area is 153 Å². The Bertz CT molecular complexity index is 688. The molecular weight excluding hydrogens is 333 g/mol. The molecule has 0 radical (unpaired) electrons. The summed E-state index contributed by atoms with van der Waals surface area (Å²) in [6.45, 7) is 5.54. The van der Waals surface area contributed by atoms with E-state index in [2.05, 4.69) is 15.2 Å². The Morgan fingerprint density at radius 1 is 1.08 bits per heavy atom. The van der Waals surface area contributed by atoms with E-state index >= 15 is 0 Å². The second-order valence-corrected chi connectivity index (χ2v) is 8.12. The summed E-state index contributed by atoms with van der Waals surface area (Å²) in [5, 5.41) is 3.03. The third-order valence-electron chi connectivity index (χ3n) is 5.51. The van der Waals surface area contributed by atoms with Crippen LogP contribution in [0.4, 0.5) is 4.39 Å². The van der Waals surface area contributed by atoms with Crippen LogP contribution in [0.15, 0.2) is 29.6 Å². The smallest absolute Gasteiger partial charge is 0.123 e. The maximum atomic E-state index is 13.4. The quantitative estimate of drug-likeness (QED) is 0.807. The Morgan fingerprint density at radius 2 is 1.88 bits per heavy atom. The van der Waals surface area contributed by atoms with Gasteiger partial charge in [-0.1, -0.05) is 31.4 Å². The van der Waals surface area contributed by atoms with Crippen LogP contribution in [0.2, 0.25) is 0 Å². The number of rotatable bonds is 4. The number of thiazole rings is 1. The second kappa shape index (κ2) is 7.94. The van der Waals surface area contributed by atoms with Crippen LogP contribution in [0, 0.1) is 5.82 Å². The Balaban J connectivity index is 1.31. The van der Waals surface area contributed by atoms with Crippen LogP contribution in [-0.2, 0) is 6.54 Å². The highest BCUT2D eigenvalue weighted by molar-refractivity contribution is 7.13. The van der Waals surface area contributed by atoms with Crippen molar-refractivity contribution in [2.45, 2.75) is 44.7 Å². The summed E-state index contributed by atoms with van der Waals surface area (Å²) in [7, 11) is 0. The van der Waals surface area contributed by atoms with E-state index < -0.39 is 0 Å². The summed E-state index contributed by atoms with van der Waals surface area (Å²) in [6.07, 6.45) is 7.03. The van der Waals surface area contributed by atoms with Gasteiger partial charge >= 0.3 is 0 Å². The molecule has 1 aromatic carbocycles. The van der Waals surface area contributed by atoms with E-state index in [4.69, 9.17) is 4.98 Å². The molecule has 1 saturated carbocycles. The lowest BCUT2D eigenvalue weighted by Gasteiger charge is -2.40. The number of nitrogens with zero attached hydrogens (tertiary/aromatic N) is 3. The molecule has 0 spiro atoms. The highest BCUT2D eigenvalue weighted by Gasteiger charge is 2.25. The predicted octanol–water partition coefficient (Wildman–Crippen LogP) is 4.40. The van der Waals surface area contributed by atoms with Crippen molar-refractivity contribution in [1.82, 2.24) is 14.8 Å². The van der Waals surface area contributed by atoms with Gasteiger partial charge in [0.15, 0.2) is 0 Å². The van der Waals surface area contributed by atoms with Gasteiger partial charge in [0, 0.05) is 49.7 Å². The molecule has 0 N–H and O–H groups in total. The van der Waals surface area contributed by atoms with Crippen molar-refractivity contribution in [3.8, 4) is 10.6 Å². The molecule has 0 amide bonds. The highest BCUT2D eigenvalue weighted by atomic mass is 32.1. The fourth-order valence-corrected chi connectivity index (χ4v) is 4.90. The topological polar surface area (TPSA) is 19.4 Å². The van der Waals surface area contributed by atoms with Crippen LogP contribution in [0.25, 0.3) is 10.6 Å². The molecule has 0 bridgehead atoms. The summed E-state index contributed by atoms with van der Waals surface area (Å²) < 4.78 is 13.4. The fraction of sp³-hybridized carbons (Fsp3) is 0.550. The Kier molecular flexibility index (Phi) is 5.44. The van der Waals surface area contributed by atoms with Gasteiger partial charge in [-0.15, -0.1) is 11.3 Å². The molecule has 0 atom stereocenters. The first kappa shape index (κ1) is 17.1. The molecule has 3 nitrogen and oxygen atoms in total. The lowest BCUT2D eigenvalue weighted by molar-refractivity contribution is 0.0750. The van der Waals surface area contributed by atoms with Gasteiger partial charge < -0.3 is 0 Å². The van der Waals surface area contributed by atoms with E-state index in [1.54, 1.807) is 23.5 Å². The molecule has 2 aromatic rings. The first-order chi connectivity index (χ1) is 12.3. The van der Waals surface area contributed by atoms with Gasteiger partial charge in [0.1, 0.15) is 10.8 Å². The van der Waals surface area contributed by atoms with Gasteiger partial charge in [0.25, 0.3) is 0 Å². The molecule has 1 aliphatic heterocycles. The first-order valence-corrected chi connectivity index (χ1v) is 10.3. The van der Waals surface area contributed by atoms with Crippen molar-refractivity contribution in [2.75, 3.05) is 26.2 Å². The molecule has 2 fully saturated rings. The molecule has 2 heterocycles. The molecule has 0 unspecified atom stereocenters. The average molecular weight is 360 g/mol. The summed E-state index contributed by atoms with van der Waals surface area (Å²) in [6, 6.07) is 7.54. The van der Waals surface area contributed by atoms with Crippen LogP contribution >= 0.6 is 11.3 Å². The third-order valence-corrected chi connectivity index (χ3v) is 6.45. The van der Waals surface area contributed by atoms with Gasteiger partial charge in [0.2, 0.25) is 0 Å². The van der Waals surface area contributed by atoms with Gasteiger partial charge in [0.05, 0.1) is 5.69 Å². The predicted molar refractivity (Wildman–Crippen MR) is 101 cm³/mol. The molecule has 4 rings (SSSR count).